The lowest BCUT2D eigenvalue weighted by atomic mass is 9.92. The first kappa shape index (κ1) is 28.0. The van der Waals surface area contributed by atoms with Crippen LogP contribution >= 0.6 is 0 Å². The van der Waals surface area contributed by atoms with Crippen LogP contribution in [-0.4, -0.2) is 109 Å². The molecule has 12 nitrogen and oxygen atoms in total. The van der Waals surface area contributed by atoms with Crippen LogP contribution in [0.1, 0.15) is 19.8 Å². The Hall–Kier alpha value is -2.97. The lowest BCUT2D eigenvalue weighted by Gasteiger charge is -2.45. The minimum absolute atomic E-state index is 0.0547. The SMILES string of the molecule is CC(N)C(C(=O)Nc1cncc(F)c1N1CCC(C(=O)N2CC(N(C)C)C2)CC1)C1NCC(F)CN1N=O. The van der Waals surface area contributed by atoms with Gasteiger partial charge in [-0.2, -0.15) is 0 Å². The Morgan fingerprint density at radius 1 is 1.24 bits per heavy atom. The van der Waals surface area contributed by atoms with Gasteiger partial charge < -0.3 is 25.8 Å². The smallest absolute Gasteiger partial charge is 0.232 e. The predicted molar refractivity (Wildman–Crippen MR) is 138 cm³/mol. The average molecular weight is 538 g/mol. The summed E-state index contributed by atoms with van der Waals surface area (Å²) >= 11 is 0. The van der Waals surface area contributed by atoms with Gasteiger partial charge in [-0.25, -0.2) is 13.8 Å². The molecule has 0 aromatic carbocycles. The Bertz CT molecular complexity index is 1020. The van der Waals surface area contributed by atoms with Crippen LogP contribution in [0.25, 0.3) is 0 Å². The van der Waals surface area contributed by atoms with Crippen LogP contribution < -0.4 is 21.3 Å². The quantitative estimate of drug-likeness (QED) is 0.401. The number of halogens is 2. The number of nitrogens with two attached hydrogens (primary N) is 1. The minimum Gasteiger partial charge on any atom is -0.367 e. The fourth-order valence-electron chi connectivity index (χ4n) is 5.43. The third-order valence-corrected chi connectivity index (χ3v) is 7.76. The molecule has 1 aromatic heterocycles. The number of piperidine rings is 1. The Morgan fingerprint density at radius 2 is 1.92 bits per heavy atom. The average Bonchev–Trinajstić information content (AvgIpc) is 2.84. The molecule has 4 rings (SSSR count). The van der Waals surface area contributed by atoms with Crippen molar-refractivity contribution >= 4 is 23.2 Å². The molecule has 4 unspecified atom stereocenters. The summed E-state index contributed by atoms with van der Waals surface area (Å²) in [7, 11) is 4.00. The van der Waals surface area contributed by atoms with Gasteiger partial charge in [0.05, 0.1) is 35.8 Å². The monoisotopic (exact) mass is 537 g/mol. The summed E-state index contributed by atoms with van der Waals surface area (Å²) in [6.45, 7) is 3.61. The number of nitrogens with zero attached hydrogens (tertiary/aromatic N) is 6. The first-order chi connectivity index (χ1) is 18.1. The molecule has 0 saturated carbocycles. The van der Waals surface area contributed by atoms with Crippen LogP contribution in [0.5, 0.6) is 0 Å². The molecule has 1 aromatic rings. The van der Waals surface area contributed by atoms with Gasteiger partial charge in [0.15, 0.2) is 5.82 Å². The zero-order valence-corrected chi connectivity index (χ0v) is 22.0. The van der Waals surface area contributed by atoms with Crippen LogP contribution in [0.3, 0.4) is 0 Å². The summed E-state index contributed by atoms with van der Waals surface area (Å²) in [6, 6.07) is -0.346. The lowest BCUT2D eigenvalue weighted by Crippen LogP contribution is -2.62. The molecule has 3 aliphatic heterocycles. The Kier molecular flexibility index (Phi) is 8.73. The lowest BCUT2D eigenvalue weighted by molar-refractivity contribution is -0.143. The van der Waals surface area contributed by atoms with Crippen molar-refractivity contribution in [3.63, 3.8) is 0 Å². The number of amides is 2. The molecule has 0 aliphatic carbocycles. The Labute approximate surface area is 220 Å². The van der Waals surface area contributed by atoms with E-state index in [4.69, 9.17) is 5.73 Å². The first-order valence-electron chi connectivity index (χ1n) is 13.0. The van der Waals surface area contributed by atoms with Gasteiger partial charge in [-0.1, -0.05) is 0 Å². The van der Waals surface area contributed by atoms with Crippen LogP contribution in [0.4, 0.5) is 20.2 Å². The zero-order chi connectivity index (χ0) is 27.6. The van der Waals surface area contributed by atoms with E-state index in [1.807, 2.05) is 23.9 Å². The number of rotatable bonds is 8. The van der Waals surface area contributed by atoms with E-state index in [-0.39, 0.29) is 36.3 Å². The summed E-state index contributed by atoms with van der Waals surface area (Å²) < 4.78 is 28.8. The van der Waals surface area contributed by atoms with Gasteiger partial charge in [0.25, 0.3) is 0 Å². The predicted octanol–water partition coefficient (Wildman–Crippen LogP) is 0.362. The van der Waals surface area contributed by atoms with E-state index < -0.39 is 36.0 Å². The highest BCUT2D eigenvalue weighted by Gasteiger charge is 2.41. The number of hydrogen-bond acceptors (Lipinski definition) is 9. The molecule has 0 radical (unpaired) electrons. The molecule has 0 bridgehead atoms. The molecule has 2 amide bonds. The molecule has 0 spiro atoms. The van der Waals surface area contributed by atoms with E-state index in [0.29, 0.717) is 32.0 Å². The topological polar surface area (TPSA) is 139 Å². The Morgan fingerprint density at radius 3 is 2.53 bits per heavy atom. The number of nitroso groups, excluding NO2 is 1. The van der Waals surface area contributed by atoms with Gasteiger partial charge in [-0.05, 0) is 33.9 Å². The van der Waals surface area contributed by atoms with E-state index in [1.165, 1.54) is 6.20 Å². The molecule has 4 N–H and O–H groups in total. The maximum atomic E-state index is 15.0. The number of nitrogens with one attached hydrogen (secondary N) is 2. The normalized spacial score (nSPS) is 24.7. The maximum absolute atomic E-state index is 15.0. The number of pyridine rings is 1. The van der Waals surface area contributed by atoms with Crippen molar-refractivity contribution in [1.29, 1.82) is 0 Å². The van der Waals surface area contributed by atoms with E-state index in [1.54, 1.807) is 6.92 Å². The zero-order valence-electron chi connectivity index (χ0n) is 22.0. The second kappa shape index (κ2) is 11.8. The largest absolute Gasteiger partial charge is 0.367 e. The molecular formula is C24H37F2N9O3. The van der Waals surface area contributed by atoms with Crippen LogP contribution in [0.2, 0.25) is 0 Å². The van der Waals surface area contributed by atoms with E-state index in [9.17, 15) is 18.9 Å². The highest BCUT2D eigenvalue weighted by molar-refractivity contribution is 5.96. The van der Waals surface area contributed by atoms with Crippen LogP contribution in [0.15, 0.2) is 17.7 Å². The van der Waals surface area contributed by atoms with Gasteiger partial charge in [0.2, 0.25) is 11.8 Å². The van der Waals surface area contributed by atoms with Crippen molar-refractivity contribution in [2.45, 2.75) is 44.2 Å². The van der Waals surface area contributed by atoms with Gasteiger partial charge in [-0.15, -0.1) is 4.91 Å². The second-order valence-electron chi connectivity index (χ2n) is 10.7. The highest BCUT2D eigenvalue weighted by Crippen LogP contribution is 2.33. The van der Waals surface area contributed by atoms with Crippen molar-refractivity contribution in [3.8, 4) is 0 Å². The van der Waals surface area contributed by atoms with E-state index in [2.05, 4.69) is 25.8 Å². The molecule has 3 aliphatic rings. The number of alkyl halides is 1. The number of hydrogen-bond donors (Lipinski definition) is 3. The summed E-state index contributed by atoms with van der Waals surface area (Å²) in [5, 5.41) is 9.35. The van der Waals surface area contributed by atoms with E-state index >= 15 is 4.39 Å². The van der Waals surface area contributed by atoms with E-state index in [0.717, 1.165) is 24.3 Å². The second-order valence-corrected chi connectivity index (χ2v) is 10.7. The number of likely N-dealkylation sites (N-methyl/N-ethyl adjacent to an activating group) is 1. The van der Waals surface area contributed by atoms with Crippen molar-refractivity contribution in [2.75, 3.05) is 63.6 Å². The van der Waals surface area contributed by atoms with Crippen LogP contribution in [0, 0.1) is 22.6 Å². The van der Waals surface area contributed by atoms with Crippen molar-refractivity contribution < 1.29 is 18.4 Å². The summed E-state index contributed by atoms with van der Waals surface area (Å²) in [5.74, 6) is -2.15. The fraction of sp³-hybridized carbons (Fsp3) is 0.708. The Balaban J connectivity index is 1.43. The third kappa shape index (κ3) is 5.86. The van der Waals surface area contributed by atoms with Crippen LogP contribution in [-0.2, 0) is 9.59 Å². The number of anilines is 2. The summed E-state index contributed by atoms with van der Waals surface area (Å²) in [6.07, 6.45) is 1.33. The third-order valence-electron chi connectivity index (χ3n) is 7.76. The van der Waals surface area contributed by atoms with Gasteiger partial charge >= 0.3 is 0 Å². The molecule has 3 fully saturated rings. The molecule has 14 heteroatoms. The number of carbonyl (C=O) groups excluding carboxylic acids is 2. The van der Waals surface area contributed by atoms with Crippen molar-refractivity contribution in [2.24, 2.45) is 22.9 Å². The minimum atomic E-state index is -1.31. The molecule has 4 atom stereocenters. The highest BCUT2D eigenvalue weighted by atomic mass is 19.1. The number of aromatic nitrogens is 1. The van der Waals surface area contributed by atoms with Gasteiger partial charge in [0.1, 0.15) is 18.0 Å². The number of carbonyl (C=O) groups is 2. The fourth-order valence-corrected chi connectivity index (χ4v) is 5.43. The first-order valence-corrected chi connectivity index (χ1v) is 13.0. The maximum Gasteiger partial charge on any atom is 0.232 e. The number of likely N-dealkylation sites (tertiary alicyclic amines) is 1. The molecule has 4 heterocycles. The molecule has 38 heavy (non-hydrogen) atoms. The van der Waals surface area contributed by atoms with Crippen molar-refractivity contribution in [3.05, 3.63) is 23.1 Å². The summed E-state index contributed by atoms with van der Waals surface area (Å²) in [5.41, 5.74) is 6.43. The molecule has 210 valence electrons. The molecular weight excluding hydrogens is 500 g/mol. The van der Waals surface area contributed by atoms with Gasteiger partial charge in [0, 0.05) is 50.7 Å². The summed E-state index contributed by atoms with van der Waals surface area (Å²) in [4.78, 5) is 47.3. The van der Waals surface area contributed by atoms with Crippen molar-refractivity contribution in [1.82, 2.24) is 25.1 Å². The van der Waals surface area contributed by atoms with Gasteiger partial charge in [-0.3, -0.25) is 19.9 Å². The standard InChI is InChI=1S/C24H37F2N9O3/c1-14(27)20(22-29-8-16(25)11-35(22)31-38)23(36)30-19-10-28-9-18(26)21(19)33-6-4-15(5-7-33)24(37)34-12-17(13-34)32(2)3/h9-10,14-17,20,22,29H,4-8,11-13,27H2,1-3H3,(H,30,36). The molecule has 3 saturated heterocycles.